The van der Waals surface area contributed by atoms with E-state index in [1.54, 1.807) is 38.1 Å². The van der Waals surface area contributed by atoms with Gasteiger partial charge in [0, 0.05) is 5.56 Å². The highest BCUT2D eigenvalue weighted by atomic mass is 16.3. The molecule has 0 aliphatic carbocycles. The molecule has 3 rings (SSSR count). The molecule has 1 aromatic heterocycles. The molecule has 2 aromatic rings. The van der Waals surface area contributed by atoms with Crippen molar-refractivity contribution in [2.24, 2.45) is 0 Å². The third kappa shape index (κ3) is 2.56. The number of aliphatic hydroxyl groups excluding tert-OH is 1. The first-order chi connectivity index (χ1) is 11.4. The summed E-state index contributed by atoms with van der Waals surface area (Å²) < 4.78 is 0. The van der Waals surface area contributed by atoms with E-state index in [2.05, 4.69) is 10.2 Å². The van der Waals surface area contributed by atoms with Gasteiger partial charge in [-0.3, -0.25) is 14.5 Å². The van der Waals surface area contributed by atoms with Crippen molar-refractivity contribution in [1.82, 2.24) is 10.2 Å². The van der Waals surface area contributed by atoms with Crippen molar-refractivity contribution in [3.63, 3.8) is 0 Å². The fourth-order valence-corrected chi connectivity index (χ4v) is 2.71. The average Bonchev–Trinajstić information content (AvgIpc) is 2.78. The highest BCUT2D eigenvalue weighted by Crippen LogP contribution is 2.31. The van der Waals surface area contributed by atoms with Crippen molar-refractivity contribution < 1.29 is 14.7 Å². The first-order valence-corrected chi connectivity index (χ1v) is 7.58. The van der Waals surface area contributed by atoms with E-state index in [9.17, 15) is 14.7 Å². The summed E-state index contributed by atoms with van der Waals surface area (Å²) in [5, 5.41) is 18.4. The zero-order valence-electron chi connectivity index (χ0n) is 13.6. The summed E-state index contributed by atoms with van der Waals surface area (Å²) in [6.45, 7) is 5.40. The number of Topliss-reactive ketones (excluding diaryl/α,β-unsaturated/α-hetero) is 1. The fraction of sp³-hybridized carbons (Fsp3) is 0.222. The third-order valence-corrected chi connectivity index (χ3v) is 4.07. The highest BCUT2D eigenvalue weighted by molar-refractivity contribution is 6.51. The summed E-state index contributed by atoms with van der Waals surface area (Å²) in [5.41, 5.74) is 2.32. The maximum Gasteiger partial charge on any atom is 0.301 e. The Kier molecular flexibility index (Phi) is 3.89. The zero-order chi connectivity index (χ0) is 17.4. The van der Waals surface area contributed by atoms with Crippen LogP contribution in [0.2, 0.25) is 0 Å². The van der Waals surface area contributed by atoms with E-state index in [1.807, 2.05) is 19.1 Å². The molecule has 0 spiro atoms. The van der Waals surface area contributed by atoms with Crippen LogP contribution in [0.15, 0.2) is 42.0 Å². The number of aliphatic hydroxyl groups is 1. The molecular formula is C18H17N3O3. The van der Waals surface area contributed by atoms with Crippen molar-refractivity contribution in [3.8, 4) is 0 Å². The van der Waals surface area contributed by atoms with Gasteiger partial charge in [-0.15, -0.1) is 5.10 Å². The van der Waals surface area contributed by atoms with Gasteiger partial charge in [-0.2, -0.15) is 5.10 Å². The molecule has 24 heavy (non-hydrogen) atoms. The van der Waals surface area contributed by atoms with Crippen molar-refractivity contribution in [2.45, 2.75) is 26.8 Å². The normalized spacial score (nSPS) is 19.8. The Morgan fingerprint density at radius 3 is 2.29 bits per heavy atom. The molecular weight excluding hydrogens is 306 g/mol. The van der Waals surface area contributed by atoms with Crippen LogP contribution in [0.25, 0.3) is 5.76 Å². The molecule has 0 saturated carbocycles. The number of rotatable bonds is 2. The number of aryl methyl sites for hydroxylation is 2. The van der Waals surface area contributed by atoms with Gasteiger partial charge in [0.15, 0.2) is 5.82 Å². The maximum absolute atomic E-state index is 12.4. The summed E-state index contributed by atoms with van der Waals surface area (Å²) in [4.78, 5) is 26.0. The average molecular weight is 323 g/mol. The second-order valence-electron chi connectivity index (χ2n) is 5.84. The Balaban J connectivity index is 2.05. The van der Waals surface area contributed by atoms with E-state index >= 15 is 0 Å². The number of anilines is 1. The molecule has 1 aliphatic heterocycles. The number of benzene rings is 1. The first kappa shape index (κ1) is 15.9. The number of ketones is 1. The number of nitrogens with zero attached hydrogens (tertiary/aromatic N) is 3. The van der Waals surface area contributed by atoms with E-state index in [-0.39, 0.29) is 17.2 Å². The lowest BCUT2D eigenvalue weighted by Crippen LogP contribution is -2.33. The summed E-state index contributed by atoms with van der Waals surface area (Å²) in [6, 6.07) is 9.84. The van der Waals surface area contributed by atoms with Crippen LogP contribution in [0.5, 0.6) is 0 Å². The lowest BCUT2D eigenvalue weighted by Gasteiger charge is -2.19. The Bertz CT molecular complexity index is 839. The number of hydrogen-bond acceptors (Lipinski definition) is 5. The van der Waals surface area contributed by atoms with Crippen molar-refractivity contribution in [3.05, 3.63) is 58.8 Å². The molecule has 6 heteroatoms. The van der Waals surface area contributed by atoms with Crippen LogP contribution in [0, 0.1) is 13.8 Å². The highest BCUT2D eigenvalue weighted by Gasteiger charge is 2.44. The smallest absolute Gasteiger partial charge is 0.301 e. The Morgan fingerprint density at radius 2 is 1.71 bits per heavy atom. The minimum Gasteiger partial charge on any atom is -0.507 e. The minimum atomic E-state index is -0.719. The topological polar surface area (TPSA) is 83.4 Å². The van der Waals surface area contributed by atoms with Gasteiger partial charge in [0.05, 0.1) is 17.3 Å². The van der Waals surface area contributed by atoms with Crippen LogP contribution in [0.3, 0.4) is 0 Å². The molecule has 1 aromatic carbocycles. The summed E-state index contributed by atoms with van der Waals surface area (Å²) in [7, 11) is 0. The van der Waals surface area contributed by atoms with Crippen LogP contribution < -0.4 is 4.90 Å². The van der Waals surface area contributed by atoms with Gasteiger partial charge < -0.3 is 5.11 Å². The van der Waals surface area contributed by atoms with Gasteiger partial charge in [0.25, 0.3) is 5.78 Å². The van der Waals surface area contributed by atoms with E-state index in [0.29, 0.717) is 11.3 Å². The quantitative estimate of drug-likeness (QED) is 0.521. The van der Waals surface area contributed by atoms with Gasteiger partial charge in [-0.25, -0.2) is 0 Å². The standard InChI is InChI=1S/C18H17N3O3/c1-10-4-7-13(8-5-10)16(22)15-12(3)21(18(24)17(15)23)14-9-6-11(2)19-20-14/h4-9,12,22H,1-3H3. The number of hydrogen-bond donors (Lipinski definition) is 1. The molecule has 122 valence electrons. The lowest BCUT2D eigenvalue weighted by molar-refractivity contribution is -0.132. The number of carbonyl (C=O) groups is 2. The van der Waals surface area contributed by atoms with Crippen LogP contribution >= 0.6 is 0 Å². The minimum absolute atomic E-state index is 0.0752. The van der Waals surface area contributed by atoms with Crippen LogP contribution in [-0.4, -0.2) is 33.0 Å². The van der Waals surface area contributed by atoms with Gasteiger partial charge in [0.2, 0.25) is 0 Å². The predicted octanol–water partition coefficient (Wildman–Crippen LogP) is 2.37. The van der Waals surface area contributed by atoms with E-state index in [4.69, 9.17) is 0 Å². The Morgan fingerprint density at radius 1 is 1.04 bits per heavy atom. The van der Waals surface area contributed by atoms with Gasteiger partial charge in [0.1, 0.15) is 5.76 Å². The molecule has 6 nitrogen and oxygen atoms in total. The molecule has 1 aliphatic rings. The van der Waals surface area contributed by atoms with Crippen LogP contribution in [0.1, 0.15) is 23.7 Å². The SMILES string of the molecule is Cc1ccc(C(O)=C2C(=O)C(=O)N(c3ccc(C)nn3)C2C)cc1. The van der Waals surface area contributed by atoms with Crippen LogP contribution in [-0.2, 0) is 9.59 Å². The van der Waals surface area contributed by atoms with Crippen molar-refractivity contribution >= 4 is 23.3 Å². The van der Waals surface area contributed by atoms with E-state index in [0.717, 1.165) is 5.56 Å². The summed E-state index contributed by atoms with van der Waals surface area (Å²) in [5.74, 6) is -1.32. The zero-order valence-corrected chi connectivity index (χ0v) is 13.6. The van der Waals surface area contributed by atoms with Crippen LogP contribution in [0.4, 0.5) is 5.82 Å². The number of amides is 1. The van der Waals surface area contributed by atoms with E-state index in [1.165, 1.54) is 4.90 Å². The molecule has 1 fully saturated rings. The molecule has 2 heterocycles. The second kappa shape index (κ2) is 5.88. The maximum atomic E-state index is 12.4. The van der Waals surface area contributed by atoms with Gasteiger partial charge in [-0.1, -0.05) is 29.8 Å². The Hall–Kier alpha value is -3.02. The molecule has 0 radical (unpaired) electrons. The molecule has 1 saturated heterocycles. The summed E-state index contributed by atoms with van der Waals surface area (Å²) in [6.07, 6.45) is 0. The third-order valence-electron chi connectivity index (χ3n) is 4.07. The second-order valence-corrected chi connectivity index (χ2v) is 5.84. The number of aromatic nitrogens is 2. The largest absolute Gasteiger partial charge is 0.507 e. The molecule has 1 N–H and O–H groups in total. The fourth-order valence-electron chi connectivity index (χ4n) is 2.71. The van der Waals surface area contributed by atoms with Crippen molar-refractivity contribution in [2.75, 3.05) is 4.90 Å². The Labute approximate surface area is 139 Å². The predicted molar refractivity (Wildman–Crippen MR) is 89.5 cm³/mol. The summed E-state index contributed by atoms with van der Waals surface area (Å²) >= 11 is 0. The number of carbonyl (C=O) groups excluding carboxylic acids is 2. The lowest BCUT2D eigenvalue weighted by atomic mass is 10.0. The molecule has 1 atom stereocenters. The monoisotopic (exact) mass is 323 g/mol. The van der Waals surface area contributed by atoms with Crippen molar-refractivity contribution in [1.29, 1.82) is 0 Å². The van der Waals surface area contributed by atoms with Gasteiger partial charge in [-0.05, 0) is 32.9 Å². The molecule has 1 amide bonds. The molecule has 1 unspecified atom stereocenters. The first-order valence-electron chi connectivity index (χ1n) is 7.58. The van der Waals surface area contributed by atoms with E-state index < -0.39 is 17.7 Å². The molecule has 0 bridgehead atoms. The van der Waals surface area contributed by atoms with Gasteiger partial charge >= 0.3 is 5.91 Å².